The maximum Gasteiger partial charge on any atom is 0.0694 e. The lowest BCUT2D eigenvalue weighted by Crippen LogP contribution is -2.61. The first-order chi connectivity index (χ1) is 8.62. The number of rotatable bonds is 2. The number of hydrogen-bond acceptors (Lipinski definition) is 3. The van der Waals surface area contributed by atoms with Gasteiger partial charge >= 0.3 is 0 Å². The highest BCUT2D eigenvalue weighted by atomic mass is 16.2. The molecule has 2 aliphatic carbocycles. The van der Waals surface area contributed by atoms with E-state index in [1.54, 1.807) is 6.92 Å². The van der Waals surface area contributed by atoms with Crippen LogP contribution in [0.5, 0.6) is 0 Å². The second-order valence-electron chi connectivity index (χ2n) is 5.99. The molecule has 108 valence electrons. The maximum absolute atomic E-state index is 7.57. The Labute approximate surface area is 112 Å². The molecule has 0 aliphatic heterocycles. The summed E-state index contributed by atoms with van der Waals surface area (Å²) in [6, 6.07) is 0. The highest BCUT2D eigenvalue weighted by molar-refractivity contribution is 4.94. The standard InChI is InChI=1S/C13H26N2.C2H6O/c14-13(15,11-7-3-1-4-8-11)12-9-5-2-6-10-12;1-2-3/h11-12H,1-10,14-15H2;3H,2H2,1H3. The minimum Gasteiger partial charge on any atom is -0.397 e. The van der Waals surface area contributed by atoms with E-state index in [0.29, 0.717) is 11.8 Å². The Hall–Kier alpha value is -0.120. The molecule has 0 aromatic carbocycles. The van der Waals surface area contributed by atoms with Crippen LogP contribution in [0.15, 0.2) is 0 Å². The van der Waals surface area contributed by atoms with Gasteiger partial charge in [0.25, 0.3) is 0 Å². The molecule has 0 amide bonds. The van der Waals surface area contributed by atoms with E-state index in [9.17, 15) is 0 Å². The van der Waals surface area contributed by atoms with Gasteiger partial charge in [-0.3, -0.25) is 0 Å². The van der Waals surface area contributed by atoms with E-state index in [2.05, 4.69) is 0 Å². The number of nitrogens with two attached hydrogens (primary N) is 2. The first-order valence-corrected chi connectivity index (χ1v) is 7.81. The van der Waals surface area contributed by atoms with Crippen LogP contribution >= 0.6 is 0 Å². The molecule has 3 heteroatoms. The molecule has 18 heavy (non-hydrogen) atoms. The largest absolute Gasteiger partial charge is 0.397 e. The predicted octanol–water partition coefficient (Wildman–Crippen LogP) is 2.76. The van der Waals surface area contributed by atoms with Crippen LogP contribution < -0.4 is 11.5 Å². The van der Waals surface area contributed by atoms with Gasteiger partial charge in [-0.2, -0.15) is 0 Å². The average molecular weight is 256 g/mol. The fourth-order valence-electron chi connectivity index (χ4n) is 3.54. The van der Waals surface area contributed by atoms with Crippen LogP contribution in [0.3, 0.4) is 0 Å². The molecule has 0 aromatic heterocycles. The Kier molecular flexibility index (Phi) is 7.20. The van der Waals surface area contributed by atoms with Gasteiger partial charge < -0.3 is 16.6 Å². The van der Waals surface area contributed by atoms with Crippen LogP contribution in [0.25, 0.3) is 0 Å². The van der Waals surface area contributed by atoms with Crippen LogP contribution in [0.1, 0.15) is 71.1 Å². The van der Waals surface area contributed by atoms with Crippen LogP contribution in [-0.4, -0.2) is 17.4 Å². The lowest BCUT2D eigenvalue weighted by atomic mass is 9.70. The predicted molar refractivity (Wildman–Crippen MR) is 77.0 cm³/mol. The van der Waals surface area contributed by atoms with Crippen molar-refractivity contribution in [1.82, 2.24) is 0 Å². The Morgan fingerprint density at radius 1 is 0.833 bits per heavy atom. The quantitative estimate of drug-likeness (QED) is 0.665. The van der Waals surface area contributed by atoms with Crippen molar-refractivity contribution < 1.29 is 5.11 Å². The zero-order valence-electron chi connectivity index (χ0n) is 12.0. The summed E-state index contributed by atoms with van der Waals surface area (Å²) in [5.74, 6) is 1.18. The van der Waals surface area contributed by atoms with E-state index >= 15 is 0 Å². The van der Waals surface area contributed by atoms with Gasteiger partial charge in [-0.05, 0) is 44.4 Å². The molecule has 5 N–H and O–H groups in total. The van der Waals surface area contributed by atoms with Gasteiger partial charge in [0.15, 0.2) is 0 Å². The highest BCUT2D eigenvalue weighted by Crippen LogP contribution is 2.38. The molecule has 0 spiro atoms. The topological polar surface area (TPSA) is 72.3 Å². The fourth-order valence-corrected chi connectivity index (χ4v) is 3.54. The molecule has 3 nitrogen and oxygen atoms in total. The number of aliphatic hydroxyl groups excluding tert-OH is 1. The smallest absolute Gasteiger partial charge is 0.0694 e. The molecule has 0 heterocycles. The molecule has 2 fully saturated rings. The van der Waals surface area contributed by atoms with Crippen molar-refractivity contribution in [3.63, 3.8) is 0 Å². The van der Waals surface area contributed by atoms with Crippen LogP contribution in [0.4, 0.5) is 0 Å². The van der Waals surface area contributed by atoms with Crippen molar-refractivity contribution in [3.8, 4) is 0 Å². The van der Waals surface area contributed by atoms with E-state index in [-0.39, 0.29) is 12.3 Å². The summed E-state index contributed by atoms with van der Waals surface area (Å²) in [6.07, 6.45) is 13.2. The van der Waals surface area contributed by atoms with Crippen LogP contribution in [0.2, 0.25) is 0 Å². The van der Waals surface area contributed by atoms with Crippen molar-refractivity contribution >= 4 is 0 Å². The van der Waals surface area contributed by atoms with E-state index < -0.39 is 0 Å². The monoisotopic (exact) mass is 256 g/mol. The third-order valence-electron chi connectivity index (χ3n) is 4.62. The molecule has 0 radical (unpaired) electrons. The lowest BCUT2D eigenvalue weighted by Gasteiger charge is -2.44. The Balaban J connectivity index is 0.000000492. The Morgan fingerprint density at radius 2 is 1.11 bits per heavy atom. The van der Waals surface area contributed by atoms with Crippen molar-refractivity contribution in [1.29, 1.82) is 0 Å². The molecule has 0 bridgehead atoms. The maximum atomic E-state index is 7.57. The third kappa shape index (κ3) is 4.52. The highest BCUT2D eigenvalue weighted by Gasteiger charge is 2.39. The SMILES string of the molecule is CCO.NC(N)(C1CCCCC1)C1CCCCC1. The number of aliphatic hydroxyl groups is 1. The summed E-state index contributed by atoms with van der Waals surface area (Å²) in [7, 11) is 0. The normalized spacial score (nSPS) is 23.3. The van der Waals surface area contributed by atoms with Gasteiger partial charge in [-0.15, -0.1) is 0 Å². The molecule has 0 aromatic rings. The second-order valence-corrected chi connectivity index (χ2v) is 5.99. The second kappa shape index (κ2) is 8.13. The molecule has 0 unspecified atom stereocenters. The van der Waals surface area contributed by atoms with Gasteiger partial charge in [0, 0.05) is 6.61 Å². The minimum absolute atomic E-state index is 0.250. The summed E-state index contributed by atoms with van der Waals surface area (Å²) in [5, 5.41) is 7.57. The molecule has 2 saturated carbocycles. The summed E-state index contributed by atoms with van der Waals surface area (Å²) >= 11 is 0. The Morgan fingerprint density at radius 3 is 1.39 bits per heavy atom. The van der Waals surface area contributed by atoms with E-state index in [1.807, 2.05) is 0 Å². The van der Waals surface area contributed by atoms with Crippen molar-refractivity contribution in [2.75, 3.05) is 6.61 Å². The summed E-state index contributed by atoms with van der Waals surface area (Å²) in [5.41, 5.74) is 12.5. The first kappa shape index (κ1) is 15.9. The number of hydrogen-bond donors (Lipinski definition) is 3. The van der Waals surface area contributed by atoms with Crippen molar-refractivity contribution in [2.45, 2.75) is 76.8 Å². The van der Waals surface area contributed by atoms with E-state index in [0.717, 1.165) is 0 Å². The zero-order valence-corrected chi connectivity index (χ0v) is 12.0. The molecule has 0 saturated heterocycles. The van der Waals surface area contributed by atoms with Gasteiger partial charge in [0.05, 0.1) is 5.66 Å². The summed E-state index contributed by atoms with van der Waals surface area (Å²) < 4.78 is 0. The zero-order chi connectivity index (χ0) is 13.4. The Bertz CT molecular complexity index is 187. The van der Waals surface area contributed by atoms with E-state index in [1.165, 1.54) is 64.2 Å². The van der Waals surface area contributed by atoms with Crippen LogP contribution in [-0.2, 0) is 0 Å². The van der Waals surface area contributed by atoms with Gasteiger partial charge in [0.2, 0.25) is 0 Å². The van der Waals surface area contributed by atoms with Crippen molar-refractivity contribution in [2.24, 2.45) is 23.3 Å². The first-order valence-electron chi connectivity index (χ1n) is 7.81. The molecule has 0 atom stereocenters. The molecule has 2 rings (SSSR count). The molecular weight excluding hydrogens is 224 g/mol. The minimum atomic E-state index is -0.360. The van der Waals surface area contributed by atoms with E-state index in [4.69, 9.17) is 16.6 Å². The average Bonchev–Trinajstić information content (AvgIpc) is 2.42. The fraction of sp³-hybridized carbons (Fsp3) is 1.00. The molecule has 2 aliphatic rings. The van der Waals surface area contributed by atoms with Gasteiger partial charge in [0.1, 0.15) is 0 Å². The lowest BCUT2D eigenvalue weighted by molar-refractivity contribution is 0.111. The van der Waals surface area contributed by atoms with Gasteiger partial charge in [-0.1, -0.05) is 38.5 Å². The van der Waals surface area contributed by atoms with Gasteiger partial charge in [-0.25, -0.2) is 0 Å². The summed E-state index contributed by atoms with van der Waals surface area (Å²) in [4.78, 5) is 0. The summed E-state index contributed by atoms with van der Waals surface area (Å²) in [6.45, 7) is 1.93. The molecular formula is C15H32N2O. The van der Waals surface area contributed by atoms with Crippen LogP contribution in [0, 0.1) is 11.8 Å². The van der Waals surface area contributed by atoms with Crippen molar-refractivity contribution in [3.05, 3.63) is 0 Å². The third-order valence-corrected chi connectivity index (χ3v) is 4.62.